The number of hydrogen-bond acceptors (Lipinski definition) is 3. The molecule has 6 heteroatoms. The van der Waals surface area contributed by atoms with Crippen LogP contribution in [-0.4, -0.2) is 34.7 Å². The Hall–Kier alpha value is -1.56. The molecule has 0 aliphatic carbocycles. The highest BCUT2D eigenvalue weighted by Crippen LogP contribution is 2.17. The van der Waals surface area contributed by atoms with Gasteiger partial charge in [-0.15, -0.1) is 0 Å². The van der Waals surface area contributed by atoms with Crippen LogP contribution in [0.25, 0.3) is 0 Å². The maximum absolute atomic E-state index is 11.9. The molecule has 0 radical (unpaired) electrons. The molecule has 0 saturated heterocycles. The fraction of sp³-hybridized carbons (Fsp3) is 0.467. The molecule has 1 amide bonds. The van der Waals surface area contributed by atoms with Crippen LogP contribution in [0.4, 0.5) is 4.79 Å². The van der Waals surface area contributed by atoms with Crippen LogP contribution in [0.1, 0.15) is 42.3 Å². The van der Waals surface area contributed by atoms with Crippen LogP contribution in [0.2, 0.25) is 0 Å². The molecule has 0 aromatic heterocycles. The minimum Gasteiger partial charge on any atom is -0.478 e. The Bertz CT molecular complexity index is 537. The van der Waals surface area contributed by atoms with Crippen molar-refractivity contribution in [2.75, 3.05) is 7.05 Å². The van der Waals surface area contributed by atoms with E-state index in [1.807, 2.05) is 20.8 Å². The van der Waals surface area contributed by atoms with Gasteiger partial charge in [0.2, 0.25) is 0 Å². The number of amides is 1. The summed E-state index contributed by atoms with van der Waals surface area (Å²) in [6.07, 6.45) is -0.412. The first-order valence-electron chi connectivity index (χ1n) is 6.49. The number of nitrogens with zero attached hydrogens (tertiary/aromatic N) is 1. The van der Waals surface area contributed by atoms with Crippen molar-refractivity contribution in [1.29, 1.82) is 0 Å². The molecule has 21 heavy (non-hydrogen) atoms. The second-order valence-corrected chi connectivity index (χ2v) is 6.33. The summed E-state index contributed by atoms with van der Waals surface area (Å²) >= 11 is 3.28. The Morgan fingerprint density at radius 2 is 1.95 bits per heavy atom. The normalized spacial score (nSPS) is 11.1. The number of halogens is 1. The van der Waals surface area contributed by atoms with Crippen molar-refractivity contribution in [3.63, 3.8) is 0 Å². The topological polar surface area (TPSA) is 66.8 Å². The highest BCUT2D eigenvalue weighted by Gasteiger charge is 2.20. The lowest BCUT2D eigenvalue weighted by Gasteiger charge is -2.24. The van der Waals surface area contributed by atoms with E-state index in [0.717, 1.165) is 5.56 Å². The zero-order valence-electron chi connectivity index (χ0n) is 12.6. The SMILES string of the molecule is CN(Cc1ccc(C(=O)O)c(CBr)c1)C(=O)OC(C)(C)C. The minimum absolute atomic E-state index is 0.260. The summed E-state index contributed by atoms with van der Waals surface area (Å²) in [5.74, 6) is -0.962. The van der Waals surface area contributed by atoms with E-state index in [9.17, 15) is 9.59 Å². The van der Waals surface area contributed by atoms with Gasteiger partial charge in [0.15, 0.2) is 0 Å². The Labute approximate surface area is 133 Å². The fourth-order valence-electron chi connectivity index (χ4n) is 1.74. The summed E-state index contributed by atoms with van der Waals surface area (Å²) in [7, 11) is 1.65. The standard InChI is InChI=1S/C15H20BrNO4/c1-15(2,3)21-14(20)17(4)9-10-5-6-12(13(18)19)11(7-10)8-16/h5-7H,8-9H2,1-4H3,(H,18,19). The van der Waals surface area contributed by atoms with E-state index in [1.54, 1.807) is 25.2 Å². The molecule has 0 aliphatic rings. The quantitative estimate of drug-likeness (QED) is 0.835. The summed E-state index contributed by atoms with van der Waals surface area (Å²) in [6.45, 7) is 5.78. The predicted molar refractivity (Wildman–Crippen MR) is 83.7 cm³/mol. The zero-order valence-corrected chi connectivity index (χ0v) is 14.2. The summed E-state index contributed by atoms with van der Waals surface area (Å²) in [4.78, 5) is 24.4. The van der Waals surface area contributed by atoms with Gasteiger partial charge in [0.1, 0.15) is 5.60 Å². The number of aromatic carboxylic acids is 1. The van der Waals surface area contributed by atoms with E-state index in [1.165, 1.54) is 4.90 Å². The maximum Gasteiger partial charge on any atom is 0.410 e. The molecule has 1 rings (SSSR count). The molecular formula is C15H20BrNO4. The molecule has 0 saturated carbocycles. The summed E-state index contributed by atoms with van der Waals surface area (Å²) in [5, 5.41) is 9.52. The van der Waals surface area contributed by atoms with E-state index >= 15 is 0 Å². The van der Waals surface area contributed by atoms with Gasteiger partial charge in [-0.3, -0.25) is 0 Å². The number of alkyl halides is 1. The zero-order chi connectivity index (χ0) is 16.2. The van der Waals surface area contributed by atoms with Gasteiger partial charge >= 0.3 is 12.1 Å². The molecule has 116 valence electrons. The first kappa shape index (κ1) is 17.5. The molecule has 1 aromatic rings. The van der Waals surface area contributed by atoms with Crippen molar-refractivity contribution in [2.24, 2.45) is 0 Å². The maximum atomic E-state index is 11.9. The number of ether oxygens (including phenoxy) is 1. The molecule has 1 aromatic carbocycles. The van der Waals surface area contributed by atoms with E-state index < -0.39 is 17.7 Å². The lowest BCUT2D eigenvalue weighted by atomic mass is 10.1. The van der Waals surface area contributed by atoms with Crippen molar-refractivity contribution < 1.29 is 19.4 Å². The van der Waals surface area contributed by atoms with Crippen LogP contribution in [0.3, 0.4) is 0 Å². The lowest BCUT2D eigenvalue weighted by molar-refractivity contribution is 0.0284. The fourth-order valence-corrected chi connectivity index (χ4v) is 2.21. The number of carboxylic acid groups (broad SMARTS) is 1. The number of carbonyl (C=O) groups is 2. The molecule has 0 fully saturated rings. The van der Waals surface area contributed by atoms with Crippen LogP contribution in [0, 0.1) is 0 Å². The van der Waals surface area contributed by atoms with Gasteiger partial charge in [0, 0.05) is 18.9 Å². The van der Waals surface area contributed by atoms with E-state index in [4.69, 9.17) is 9.84 Å². The van der Waals surface area contributed by atoms with Gasteiger partial charge in [0.05, 0.1) is 5.56 Å². The average Bonchev–Trinajstić information content (AvgIpc) is 2.36. The lowest BCUT2D eigenvalue weighted by Crippen LogP contribution is -2.33. The minimum atomic E-state index is -0.962. The van der Waals surface area contributed by atoms with Gasteiger partial charge in [-0.2, -0.15) is 0 Å². The molecule has 0 bridgehead atoms. The predicted octanol–water partition coefficient (Wildman–Crippen LogP) is 3.65. The summed E-state index contributed by atoms with van der Waals surface area (Å²) in [6, 6.07) is 5.03. The van der Waals surface area contributed by atoms with Gasteiger partial charge in [-0.1, -0.05) is 28.1 Å². The Kier molecular flexibility index (Phi) is 5.78. The summed E-state index contributed by atoms with van der Waals surface area (Å²) in [5.41, 5.74) is 1.25. The highest BCUT2D eigenvalue weighted by atomic mass is 79.9. The second kappa shape index (κ2) is 6.93. The number of benzene rings is 1. The van der Waals surface area contributed by atoms with Crippen molar-refractivity contribution >= 4 is 28.0 Å². The first-order chi connectivity index (χ1) is 9.64. The van der Waals surface area contributed by atoms with Crippen LogP contribution < -0.4 is 0 Å². The van der Waals surface area contributed by atoms with Crippen molar-refractivity contribution in [3.05, 3.63) is 34.9 Å². The second-order valence-electron chi connectivity index (χ2n) is 5.77. The van der Waals surface area contributed by atoms with E-state index in [0.29, 0.717) is 17.4 Å². The first-order valence-corrected chi connectivity index (χ1v) is 7.61. The molecule has 0 unspecified atom stereocenters. The highest BCUT2D eigenvalue weighted by molar-refractivity contribution is 9.08. The van der Waals surface area contributed by atoms with E-state index in [-0.39, 0.29) is 5.56 Å². The molecule has 0 atom stereocenters. The van der Waals surface area contributed by atoms with Crippen LogP contribution in [0.5, 0.6) is 0 Å². The molecule has 0 aliphatic heterocycles. The Morgan fingerprint density at radius 3 is 2.43 bits per heavy atom. The van der Waals surface area contributed by atoms with Gasteiger partial charge in [0.25, 0.3) is 0 Å². The molecule has 0 spiro atoms. The van der Waals surface area contributed by atoms with Crippen molar-refractivity contribution in [2.45, 2.75) is 38.2 Å². The Morgan fingerprint density at radius 1 is 1.33 bits per heavy atom. The van der Waals surface area contributed by atoms with Gasteiger partial charge in [-0.05, 0) is 38.0 Å². The molecular weight excluding hydrogens is 338 g/mol. The summed E-state index contributed by atoms with van der Waals surface area (Å²) < 4.78 is 5.27. The largest absolute Gasteiger partial charge is 0.478 e. The van der Waals surface area contributed by atoms with Gasteiger partial charge < -0.3 is 14.7 Å². The number of carboxylic acids is 1. The third-order valence-electron chi connectivity index (χ3n) is 2.67. The van der Waals surface area contributed by atoms with Crippen LogP contribution >= 0.6 is 15.9 Å². The monoisotopic (exact) mass is 357 g/mol. The molecule has 0 heterocycles. The smallest absolute Gasteiger partial charge is 0.410 e. The number of hydrogen-bond donors (Lipinski definition) is 1. The van der Waals surface area contributed by atoms with Crippen LogP contribution in [-0.2, 0) is 16.6 Å². The van der Waals surface area contributed by atoms with Gasteiger partial charge in [-0.25, -0.2) is 9.59 Å². The Balaban J connectivity index is 2.84. The van der Waals surface area contributed by atoms with Crippen molar-refractivity contribution in [3.8, 4) is 0 Å². The average molecular weight is 358 g/mol. The third-order valence-corrected chi connectivity index (χ3v) is 3.27. The molecule has 5 nitrogen and oxygen atoms in total. The van der Waals surface area contributed by atoms with Crippen molar-refractivity contribution in [1.82, 2.24) is 4.90 Å². The number of rotatable bonds is 4. The third kappa shape index (κ3) is 5.38. The molecule has 1 N–H and O–H groups in total. The van der Waals surface area contributed by atoms with Crippen LogP contribution in [0.15, 0.2) is 18.2 Å². The van der Waals surface area contributed by atoms with E-state index in [2.05, 4.69) is 15.9 Å². The number of carbonyl (C=O) groups excluding carboxylic acids is 1.